The second-order valence-electron chi connectivity index (χ2n) is 4.99. The van der Waals surface area contributed by atoms with Crippen molar-refractivity contribution in [1.82, 2.24) is 25.5 Å². The van der Waals surface area contributed by atoms with Gasteiger partial charge in [-0.25, -0.2) is 0 Å². The predicted octanol–water partition coefficient (Wildman–Crippen LogP) is 1.20. The SMILES string of the molecule is CN(C)C(=O)CCc1ccccc1NC=C(C#N)c1nn[nH]n1. The molecule has 2 aromatic rings. The van der Waals surface area contributed by atoms with Gasteiger partial charge in [-0.3, -0.25) is 4.79 Å². The third kappa shape index (κ3) is 4.38. The van der Waals surface area contributed by atoms with E-state index in [0.29, 0.717) is 12.8 Å². The van der Waals surface area contributed by atoms with Crippen molar-refractivity contribution >= 4 is 17.2 Å². The third-order valence-electron chi connectivity index (χ3n) is 3.20. The standard InChI is InChI=1S/C15H17N7O/c1-22(2)14(23)8-7-11-5-3-4-6-13(11)17-10-12(9-16)15-18-20-21-19-15/h3-6,10,17H,7-8H2,1-2H3,(H,18,19,20,21). The van der Waals surface area contributed by atoms with E-state index in [0.717, 1.165) is 11.3 Å². The van der Waals surface area contributed by atoms with Gasteiger partial charge in [0.05, 0.1) is 0 Å². The molecule has 0 saturated carbocycles. The van der Waals surface area contributed by atoms with Crippen LogP contribution in [-0.4, -0.2) is 45.5 Å². The van der Waals surface area contributed by atoms with Crippen LogP contribution in [0.3, 0.4) is 0 Å². The number of para-hydroxylation sites is 1. The molecule has 0 fully saturated rings. The van der Waals surface area contributed by atoms with Crippen LogP contribution in [-0.2, 0) is 11.2 Å². The Bertz CT molecular complexity index is 729. The first kappa shape index (κ1) is 16.2. The molecule has 0 spiro atoms. The fourth-order valence-electron chi connectivity index (χ4n) is 1.92. The van der Waals surface area contributed by atoms with Crippen LogP contribution in [0.4, 0.5) is 5.69 Å². The Balaban J connectivity index is 2.11. The van der Waals surface area contributed by atoms with E-state index in [2.05, 4.69) is 25.9 Å². The highest BCUT2D eigenvalue weighted by Crippen LogP contribution is 2.18. The Labute approximate surface area is 133 Å². The molecule has 0 radical (unpaired) electrons. The zero-order chi connectivity index (χ0) is 16.7. The molecule has 8 nitrogen and oxygen atoms in total. The van der Waals surface area contributed by atoms with E-state index in [1.54, 1.807) is 19.0 Å². The Kier molecular flexibility index (Phi) is 5.41. The van der Waals surface area contributed by atoms with Gasteiger partial charge in [0.2, 0.25) is 11.7 Å². The van der Waals surface area contributed by atoms with Crippen molar-refractivity contribution in [3.63, 3.8) is 0 Å². The van der Waals surface area contributed by atoms with Crippen LogP contribution in [0, 0.1) is 11.3 Å². The molecule has 1 aromatic carbocycles. The number of aromatic amines is 1. The molecular weight excluding hydrogens is 294 g/mol. The van der Waals surface area contributed by atoms with E-state index in [1.165, 1.54) is 6.20 Å². The van der Waals surface area contributed by atoms with Crippen LogP contribution in [0.5, 0.6) is 0 Å². The lowest BCUT2D eigenvalue weighted by molar-refractivity contribution is -0.128. The van der Waals surface area contributed by atoms with Crippen LogP contribution in [0.25, 0.3) is 5.57 Å². The number of hydrogen-bond acceptors (Lipinski definition) is 6. The van der Waals surface area contributed by atoms with Gasteiger partial charge in [-0.05, 0) is 23.3 Å². The van der Waals surface area contributed by atoms with Crippen LogP contribution in [0.2, 0.25) is 0 Å². The van der Waals surface area contributed by atoms with E-state index >= 15 is 0 Å². The van der Waals surface area contributed by atoms with E-state index in [-0.39, 0.29) is 17.3 Å². The molecule has 0 aliphatic rings. The summed E-state index contributed by atoms with van der Waals surface area (Å²) in [5.74, 6) is 0.292. The molecule has 0 atom stereocenters. The summed E-state index contributed by atoms with van der Waals surface area (Å²) in [5.41, 5.74) is 2.08. The topological polar surface area (TPSA) is 111 Å². The maximum atomic E-state index is 11.7. The monoisotopic (exact) mass is 311 g/mol. The number of H-pyrrole nitrogens is 1. The summed E-state index contributed by atoms with van der Waals surface area (Å²) in [4.78, 5) is 13.3. The molecule has 8 heteroatoms. The fraction of sp³-hybridized carbons (Fsp3) is 0.267. The number of nitrogens with zero attached hydrogens (tertiary/aromatic N) is 5. The summed E-state index contributed by atoms with van der Waals surface area (Å²) >= 11 is 0. The summed E-state index contributed by atoms with van der Waals surface area (Å²) in [7, 11) is 3.47. The second-order valence-corrected chi connectivity index (χ2v) is 4.99. The van der Waals surface area contributed by atoms with Crippen molar-refractivity contribution in [3.05, 3.63) is 41.9 Å². The Morgan fingerprint density at radius 3 is 2.87 bits per heavy atom. The number of nitriles is 1. The van der Waals surface area contributed by atoms with Crippen molar-refractivity contribution in [1.29, 1.82) is 5.26 Å². The number of anilines is 1. The molecule has 1 aromatic heterocycles. The molecule has 0 saturated heterocycles. The molecule has 2 rings (SSSR count). The van der Waals surface area contributed by atoms with E-state index in [9.17, 15) is 4.79 Å². The summed E-state index contributed by atoms with van der Waals surface area (Å²) in [5, 5.41) is 25.5. The lowest BCUT2D eigenvalue weighted by Crippen LogP contribution is -2.21. The van der Waals surface area contributed by atoms with Crippen LogP contribution < -0.4 is 5.32 Å². The van der Waals surface area contributed by atoms with Crippen molar-refractivity contribution in [2.24, 2.45) is 0 Å². The highest BCUT2D eigenvalue weighted by Gasteiger charge is 2.08. The number of aryl methyl sites for hydroxylation is 1. The van der Waals surface area contributed by atoms with E-state index < -0.39 is 0 Å². The van der Waals surface area contributed by atoms with Gasteiger partial charge in [-0.15, -0.1) is 10.2 Å². The van der Waals surface area contributed by atoms with Gasteiger partial charge in [-0.2, -0.15) is 10.5 Å². The number of carbonyl (C=O) groups is 1. The molecule has 0 aliphatic heterocycles. The summed E-state index contributed by atoms with van der Waals surface area (Å²) < 4.78 is 0. The van der Waals surface area contributed by atoms with Crippen LogP contribution in [0.15, 0.2) is 30.5 Å². The number of nitrogens with one attached hydrogen (secondary N) is 2. The highest BCUT2D eigenvalue weighted by molar-refractivity contribution is 5.76. The highest BCUT2D eigenvalue weighted by atomic mass is 16.2. The molecule has 0 unspecified atom stereocenters. The number of hydrogen-bond donors (Lipinski definition) is 2. The average Bonchev–Trinajstić information content (AvgIpc) is 3.08. The van der Waals surface area contributed by atoms with Gasteiger partial charge in [-0.1, -0.05) is 18.2 Å². The number of benzene rings is 1. The molecule has 1 heterocycles. The number of tetrazole rings is 1. The number of carbonyl (C=O) groups excluding carboxylic acids is 1. The molecular formula is C15H17N7O. The van der Waals surface area contributed by atoms with Gasteiger partial charge in [0.25, 0.3) is 0 Å². The number of rotatable bonds is 6. The molecule has 23 heavy (non-hydrogen) atoms. The number of aromatic nitrogens is 4. The Morgan fingerprint density at radius 1 is 1.43 bits per heavy atom. The fourth-order valence-corrected chi connectivity index (χ4v) is 1.92. The summed E-state index contributed by atoms with van der Waals surface area (Å²) in [6.07, 6.45) is 2.56. The minimum absolute atomic E-state index is 0.0693. The van der Waals surface area contributed by atoms with Crippen molar-refractivity contribution in [3.8, 4) is 6.07 Å². The quantitative estimate of drug-likeness (QED) is 0.775. The molecule has 0 aliphatic carbocycles. The second kappa shape index (κ2) is 7.70. The number of amides is 1. The first-order valence-electron chi connectivity index (χ1n) is 7.00. The van der Waals surface area contributed by atoms with Gasteiger partial charge < -0.3 is 10.2 Å². The molecule has 0 bridgehead atoms. The van der Waals surface area contributed by atoms with Crippen LogP contribution >= 0.6 is 0 Å². The van der Waals surface area contributed by atoms with Gasteiger partial charge in [0, 0.05) is 32.4 Å². The Morgan fingerprint density at radius 2 is 2.22 bits per heavy atom. The third-order valence-corrected chi connectivity index (χ3v) is 3.20. The predicted molar refractivity (Wildman–Crippen MR) is 84.8 cm³/mol. The van der Waals surface area contributed by atoms with Gasteiger partial charge in [0.15, 0.2) is 0 Å². The van der Waals surface area contributed by atoms with E-state index in [1.807, 2.05) is 30.3 Å². The van der Waals surface area contributed by atoms with Crippen LogP contribution in [0.1, 0.15) is 17.8 Å². The maximum Gasteiger partial charge on any atom is 0.222 e. The normalized spacial score (nSPS) is 10.9. The zero-order valence-corrected chi connectivity index (χ0v) is 12.9. The zero-order valence-electron chi connectivity index (χ0n) is 12.9. The van der Waals surface area contributed by atoms with E-state index in [4.69, 9.17) is 5.26 Å². The Hall–Kier alpha value is -3.21. The largest absolute Gasteiger partial charge is 0.360 e. The smallest absolute Gasteiger partial charge is 0.222 e. The van der Waals surface area contributed by atoms with Crippen molar-refractivity contribution in [2.45, 2.75) is 12.8 Å². The summed E-state index contributed by atoms with van der Waals surface area (Å²) in [6, 6.07) is 9.64. The first-order valence-corrected chi connectivity index (χ1v) is 7.00. The number of allylic oxidation sites excluding steroid dienone is 1. The maximum absolute atomic E-state index is 11.7. The summed E-state index contributed by atoms with van der Waals surface area (Å²) in [6.45, 7) is 0. The van der Waals surface area contributed by atoms with Gasteiger partial charge in [0.1, 0.15) is 11.6 Å². The van der Waals surface area contributed by atoms with Crippen molar-refractivity contribution in [2.75, 3.05) is 19.4 Å². The molecule has 1 amide bonds. The first-order chi connectivity index (χ1) is 11.1. The lowest BCUT2D eigenvalue weighted by Gasteiger charge is -2.12. The molecule has 2 N–H and O–H groups in total. The molecule has 118 valence electrons. The minimum Gasteiger partial charge on any atom is -0.360 e. The minimum atomic E-state index is 0.0693. The lowest BCUT2D eigenvalue weighted by atomic mass is 10.1. The van der Waals surface area contributed by atoms with Gasteiger partial charge >= 0.3 is 0 Å². The van der Waals surface area contributed by atoms with Crippen molar-refractivity contribution < 1.29 is 4.79 Å². The average molecular weight is 311 g/mol.